The third-order valence-corrected chi connectivity index (χ3v) is 5.90. The standard InChI is InChI=1S/C28H35N3O5/c1-7-35-25(33)13-12-22-17(2)26(29-18(22)3)27(34)31-20-10-8-19(9-11-20)14-24(32)30-21-15-23(36-16-21)28(4,5)6/h8-11,15-16,29H,7,12-14H2,1-6H3,(H,30,32)(H,31,34). The van der Waals surface area contributed by atoms with E-state index >= 15 is 0 Å². The molecule has 2 aromatic heterocycles. The minimum absolute atomic E-state index is 0.134. The number of H-pyrrole nitrogens is 1. The molecule has 8 heteroatoms. The number of esters is 1. The van der Waals surface area contributed by atoms with Crippen LogP contribution in [0.5, 0.6) is 0 Å². The number of furan rings is 1. The molecule has 0 unspecified atom stereocenters. The Morgan fingerprint density at radius 2 is 1.72 bits per heavy atom. The first-order valence-corrected chi connectivity index (χ1v) is 12.1. The molecule has 3 N–H and O–H groups in total. The zero-order valence-electron chi connectivity index (χ0n) is 21.8. The predicted molar refractivity (Wildman–Crippen MR) is 139 cm³/mol. The van der Waals surface area contributed by atoms with Gasteiger partial charge in [0.2, 0.25) is 5.91 Å². The van der Waals surface area contributed by atoms with Crippen molar-refractivity contribution in [2.75, 3.05) is 17.2 Å². The molecule has 3 aromatic rings. The zero-order chi connectivity index (χ0) is 26.5. The second-order valence-corrected chi connectivity index (χ2v) is 9.86. The first-order chi connectivity index (χ1) is 17.0. The Hall–Kier alpha value is -3.81. The number of hydrogen-bond donors (Lipinski definition) is 3. The summed E-state index contributed by atoms with van der Waals surface area (Å²) < 4.78 is 10.5. The lowest BCUT2D eigenvalue weighted by molar-refractivity contribution is -0.143. The van der Waals surface area contributed by atoms with Gasteiger partial charge in [-0.1, -0.05) is 32.9 Å². The van der Waals surface area contributed by atoms with Crippen molar-refractivity contribution in [3.8, 4) is 0 Å². The lowest BCUT2D eigenvalue weighted by atomic mass is 9.93. The number of carbonyl (C=O) groups is 3. The summed E-state index contributed by atoms with van der Waals surface area (Å²) >= 11 is 0. The van der Waals surface area contributed by atoms with E-state index in [-0.39, 0.29) is 36.0 Å². The topological polar surface area (TPSA) is 113 Å². The number of benzene rings is 1. The molecule has 2 amide bonds. The van der Waals surface area contributed by atoms with Gasteiger partial charge in [-0.25, -0.2) is 0 Å². The molecular weight excluding hydrogens is 458 g/mol. The lowest BCUT2D eigenvalue weighted by Crippen LogP contribution is -2.15. The molecule has 0 radical (unpaired) electrons. The van der Waals surface area contributed by atoms with Crippen LogP contribution in [0.1, 0.15) is 72.7 Å². The Morgan fingerprint density at radius 1 is 1.03 bits per heavy atom. The minimum atomic E-state index is -0.266. The van der Waals surface area contributed by atoms with Crippen LogP contribution in [0.15, 0.2) is 41.0 Å². The molecule has 0 saturated carbocycles. The first kappa shape index (κ1) is 26.8. The van der Waals surface area contributed by atoms with Crippen LogP contribution < -0.4 is 10.6 Å². The molecule has 0 saturated heterocycles. The number of nitrogens with one attached hydrogen (secondary N) is 3. The lowest BCUT2D eigenvalue weighted by Gasteiger charge is -2.13. The summed E-state index contributed by atoms with van der Waals surface area (Å²) in [6.07, 6.45) is 2.52. The van der Waals surface area contributed by atoms with Gasteiger partial charge in [-0.05, 0) is 56.0 Å². The second-order valence-electron chi connectivity index (χ2n) is 9.86. The van der Waals surface area contributed by atoms with Crippen molar-refractivity contribution in [2.24, 2.45) is 0 Å². The van der Waals surface area contributed by atoms with Gasteiger partial charge in [0.1, 0.15) is 17.7 Å². The molecule has 192 valence electrons. The molecule has 2 heterocycles. The van der Waals surface area contributed by atoms with E-state index in [4.69, 9.17) is 9.15 Å². The molecule has 1 aromatic carbocycles. The summed E-state index contributed by atoms with van der Waals surface area (Å²) in [5, 5.41) is 5.74. The molecule has 0 atom stereocenters. The Morgan fingerprint density at radius 3 is 2.33 bits per heavy atom. The van der Waals surface area contributed by atoms with Crippen molar-refractivity contribution in [2.45, 2.75) is 66.2 Å². The number of aromatic amines is 1. The van der Waals surface area contributed by atoms with Crippen LogP contribution in [0.2, 0.25) is 0 Å². The summed E-state index contributed by atoms with van der Waals surface area (Å²) in [6.45, 7) is 12.0. The number of carbonyl (C=O) groups excluding carboxylic acids is 3. The maximum Gasteiger partial charge on any atom is 0.306 e. The van der Waals surface area contributed by atoms with Gasteiger partial charge in [0.05, 0.1) is 18.7 Å². The molecule has 0 bridgehead atoms. The normalized spacial score (nSPS) is 11.3. The number of hydrogen-bond acceptors (Lipinski definition) is 5. The van der Waals surface area contributed by atoms with Gasteiger partial charge in [-0.2, -0.15) is 0 Å². The highest BCUT2D eigenvalue weighted by atomic mass is 16.5. The summed E-state index contributed by atoms with van der Waals surface area (Å²) in [5.74, 6) is 0.132. The molecule has 0 aliphatic heterocycles. The quantitative estimate of drug-likeness (QED) is 0.343. The van der Waals surface area contributed by atoms with Crippen molar-refractivity contribution in [3.63, 3.8) is 0 Å². The van der Waals surface area contributed by atoms with Gasteiger partial charge >= 0.3 is 5.97 Å². The number of anilines is 2. The monoisotopic (exact) mass is 493 g/mol. The minimum Gasteiger partial charge on any atom is -0.467 e. The Balaban J connectivity index is 1.57. The van der Waals surface area contributed by atoms with Gasteiger partial charge < -0.3 is 24.8 Å². The molecule has 0 aliphatic rings. The number of aromatic nitrogens is 1. The number of amides is 2. The van der Waals surface area contributed by atoms with Crippen molar-refractivity contribution < 1.29 is 23.5 Å². The largest absolute Gasteiger partial charge is 0.467 e. The maximum absolute atomic E-state index is 12.9. The van der Waals surface area contributed by atoms with E-state index in [0.717, 1.165) is 28.1 Å². The Kier molecular flexibility index (Phi) is 8.40. The number of aryl methyl sites for hydroxylation is 1. The fraction of sp³-hybridized carbons (Fsp3) is 0.393. The van der Waals surface area contributed by atoms with E-state index in [0.29, 0.717) is 30.1 Å². The Labute approximate surface area is 211 Å². The average molecular weight is 494 g/mol. The number of ether oxygens (including phenoxy) is 1. The fourth-order valence-electron chi connectivity index (χ4n) is 3.94. The van der Waals surface area contributed by atoms with Crippen molar-refractivity contribution in [3.05, 3.63) is 70.4 Å². The van der Waals surface area contributed by atoms with E-state index in [1.54, 1.807) is 25.3 Å². The van der Waals surface area contributed by atoms with Gasteiger partial charge in [0.15, 0.2) is 0 Å². The smallest absolute Gasteiger partial charge is 0.306 e. The van der Waals surface area contributed by atoms with Crippen LogP contribution in [-0.2, 0) is 32.6 Å². The average Bonchev–Trinajstić information content (AvgIpc) is 3.38. The van der Waals surface area contributed by atoms with E-state index in [1.807, 2.05) is 52.8 Å². The first-order valence-electron chi connectivity index (χ1n) is 12.1. The van der Waals surface area contributed by atoms with Crippen LogP contribution in [0.25, 0.3) is 0 Å². The molecule has 3 rings (SSSR count). The van der Waals surface area contributed by atoms with Gasteiger partial charge in [0, 0.05) is 29.3 Å². The van der Waals surface area contributed by atoms with Gasteiger partial charge in [-0.15, -0.1) is 0 Å². The molecule has 0 fully saturated rings. The third kappa shape index (κ3) is 6.87. The van der Waals surface area contributed by atoms with Crippen LogP contribution >= 0.6 is 0 Å². The molecule has 8 nitrogen and oxygen atoms in total. The van der Waals surface area contributed by atoms with E-state index in [1.165, 1.54) is 0 Å². The SMILES string of the molecule is CCOC(=O)CCc1c(C)[nH]c(C(=O)Nc2ccc(CC(=O)Nc3coc(C(C)(C)C)c3)cc2)c1C. The molecule has 0 aliphatic carbocycles. The van der Waals surface area contributed by atoms with Crippen molar-refractivity contribution in [1.82, 2.24) is 4.98 Å². The summed E-state index contributed by atoms with van der Waals surface area (Å²) in [7, 11) is 0. The zero-order valence-corrected chi connectivity index (χ0v) is 21.8. The predicted octanol–water partition coefficient (Wildman–Crippen LogP) is 5.45. The molecule has 0 spiro atoms. The highest BCUT2D eigenvalue weighted by molar-refractivity contribution is 6.04. The highest BCUT2D eigenvalue weighted by Crippen LogP contribution is 2.26. The van der Waals surface area contributed by atoms with Crippen molar-refractivity contribution >= 4 is 29.2 Å². The van der Waals surface area contributed by atoms with Crippen LogP contribution in [0.4, 0.5) is 11.4 Å². The molecular formula is C28H35N3O5. The van der Waals surface area contributed by atoms with E-state index in [9.17, 15) is 14.4 Å². The van der Waals surface area contributed by atoms with Crippen LogP contribution in [0, 0.1) is 13.8 Å². The summed E-state index contributed by atoms with van der Waals surface area (Å²) in [4.78, 5) is 40.1. The Bertz CT molecular complexity index is 1230. The maximum atomic E-state index is 12.9. The molecule has 36 heavy (non-hydrogen) atoms. The van der Waals surface area contributed by atoms with Gasteiger partial charge in [-0.3, -0.25) is 14.4 Å². The van der Waals surface area contributed by atoms with Crippen LogP contribution in [0.3, 0.4) is 0 Å². The van der Waals surface area contributed by atoms with Crippen molar-refractivity contribution in [1.29, 1.82) is 0 Å². The summed E-state index contributed by atoms with van der Waals surface area (Å²) in [5.41, 5.74) is 5.02. The van der Waals surface area contributed by atoms with Gasteiger partial charge in [0.25, 0.3) is 5.91 Å². The summed E-state index contributed by atoms with van der Waals surface area (Å²) in [6, 6.07) is 8.99. The second kappa shape index (κ2) is 11.3. The van der Waals surface area contributed by atoms with E-state index < -0.39 is 0 Å². The number of rotatable bonds is 9. The fourth-order valence-corrected chi connectivity index (χ4v) is 3.94. The van der Waals surface area contributed by atoms with Crippen LogP contribution in [-0.4, -0.2) is 29.4 Å². The third-order valence-electron chi connectivity index (χ3n) is 5.90. The van der Waals surface area contributed by atoms with E-state index in [2.05, 4.69) is 15.6 Å². The highest BCUT2D eigenvalue weighted by Gasteiger charge is 2.20.